The predicted octanol–water partition coefficient (Wildman–Crippen LogP) is 1.68. The van der Waals surface area contributed by atoms with Gasteiger partial charge in [-0.1, -0.05) is 6.07 Å². The molecule has 1 unspecified atom stereocenters. The fraction of sp³-hybridized carbons (Fsp3) is 0.385. The maximum absolute atomic E-state index is 11.8. The number of anilines is 1. The highest BCUT2D eigenvalue weighted by Gasteiger charge is 2.31. The lowest BCUT2D eigenvalue weighted by atomic mass is 10.1. The first-order valence-electron chi connectivity index (χ1n) is 5.84. The molecule has 2 rings (SSSR count). The molecular weight excluding hydrogens is 232 g/mol. The van der Waals surface area contributed by atoms with Gasteiger partial charge in [0.05, 0.1) is 12.5 Å². The number of carbonyl (C=O) groups is 2. The second-order valence-corrected chi connectivity index (χ2v) is 4.62. The lowest BCUT2D eigenvalue weighted by Crippen LogP contribution is -2.29. The first-order chi connectivity index (χ1) is 8.47. The minimum atomic E-state index is -0.901. The fourth-order valence-electron chi connectivity index (χ4n) is 2.04. The van der Waals surface area contributed by atoms with Crippen LogP contribution in [0.4, 0.5) is 10.5 Å². The number of aryl methyl sites for hydroxylation is 2. The summed E-state index contributed by atoms with van der Waals surface area (Å²) in [7, 11) is 0. The van der Waals surface area contributed by atoms with Crippen molar-refractivity contribution in [2.24, 2.45) is 0 Å². The molecule has 0 bridgehead atoms. The Hall–Kier alpha value is -2.04. The Morgan fingerprint density at radius 1 is 1.44 bits per heavy atom. The zero-order valence-corrected chi connectivity index (χ0v) is 10.4. The van der Waals surface area contributed by atoms with Crippen LogP contribution in [0.1, 0.15) is 17.5 Å². The van der Waals surface area contributed by atoms with E-state index in [1.165, 1.54) is 5.56 Å². The maximum Gasteiger partial charge on any atom is 0.322 e. The predicted molar refractivity (Wildman–Crippen MR) is 67.8 cm³/mol. The molecule has 5 nitrogen and oxygen atoms in total. The summed E-state index contributed by atoms with van der Waals surface area (Å²) < 4.78 is 0. The molecule has 1 atom stereocenters. The van der Waals surface area contributed by atoms with Gasteiger partial charge in [-0.15, -0.1) is 0 Å². The van der Waals surface area contributed by atoms with Crippen molar-refractivity contribution >= 4 is 17.7 Å². The van der Waals surface area contributed by atoms with Crippen LogP contribution in [0.2, 0.25) is 0 Å². The van der Waals surface area contributed by atoms with Crippen LogP contribution in [-0.4, -0.2) is 29.7 Å². The molecule has 1 aliphatic heterocycles. The zero-order chi connectivity index (χ0) is 13.3. The van der Waals surface area contributed by atoms with Crippen molar-refractivity contribution in [1.29, 1.82) is 0 Å². The van der Waals surface area contributed by atoms with E-state index in [0.717, 1.165) is 11.3 Å². The average molecular weight is 248 g/mol. The van der Waals surface area contributed by atoms with Crippen molar-refractivity contribution in [2.45, 2.75) is 26.3 Å². The largest absolute Gasteiger partial charge is 0.481 e. The number of hydrogen-bond donors (Lipinski definition) is 2. The summed E-state index contributed by atoms with van der Waals surface area (Å²) in [6.45, 7) is 4.39. The topological polar surface area (TPSA) is 69.6 Å². The summed E-state index contributed by atoms with van der Waals surface area (Å²) in [5, 5.41) is 11.4. The first-order valence-corrected chi connectivity index (χ1v) is 5.84. The van der Waals surface area contributed by atoms with Crippen molar-refractivity contribution < 1.29 is 14.7 Å². The van der Waals surface area contributed by atoms with Gasteiger partial charge in [0.1, 0.15) is 0 Å². The lowest BCUT2D eigenvalue weighted by molar-refractivity contribution is -0.137. The number of urea groups is 1. The van der Waals surface area contributed by atoms with Gasteiger partial charge in [0.15, 0.2) is 0 Å². The summed E-state index contributed by atoms with van der Waals surface area (Å²) in [6, 6.07) is 5.23. The summed E-state index contributed by atoms with van der Waals surface area (Å²) in [6.07, 6.45) is -0.0485. The number of nitrogens with one attached hydrogen (secondary N) is 1. The Labute approximate surface area is 105 Å². The van der Waals surface area contributed by atoms with Crippen LogP contribution < -0.4 is 10.2 Å². The van der Waals surface area contributed by atoms with E-state index in [0.29, 0.717) is 6.54 Å². The van der Waals surface area contributed by atoms with Crippen molar-refractivity contribution in [3.05, 3.63) is 29.3 Å². The van der Waals surface area contributed by atoms with Crippen LogP contribution >= 0.6 is 0 Å². The van der Waals surface area contributed by atoms with Gasteiger partial charge in [-0.25, -0.2) is 4.79 Å². The number of carboxylic acid groups (broad SMARTS) is 1. The normalized spacial score (nSPS) is 18.9. The molecule has 1 aromatic carbocycles. The Balaban J connectivity index is 2.16. The van der Waals surface area contributed by atoms with Gasteiger partial charge in [-0.3, -0.25) is 9.69 Å². The highest BCUT2D eigenvalue weighted by atomic mass is 16.4. The summed E-state index contributed by atoms with van der Waals surface area (Å²) in [4.78, 5) is 24.0. The van der Waals surface area contributed by atoms with E-state index < -0.39 is 5.97 Å². The maximum atomic E-state index is 11.8. The number of carboxylic acids is 1. The van der Waals surface area contributed by atoms with E-state index in [1.54, 1.807) is 4.90 Å². The third-order valence-electron chi connectivity index (χ3n) is 3.20. The Morgan fingerprint density at radius 3 is 2.78 bits per heavy atom. The molecule has 1 heterocycles. The molecule has 1 saturated heterocycles. The molecule has 1 aromatic rings. The van der Waals surface area contributed by atoms with Crippen LogP contribution in [0.5, 0.6) is 0 Å². The van der Waals surface area contributed by atoms with E-state index in [-0.39, 0.29) is 18.5 Å². The van der Waals surface area contributed by atoms with E-state index in [1.807, 2.05) is 32.0 Å². The fourth-order valence-corrected chi connectivity index (χ4v) is 2.04. The van der Waals surface area contributed by atoms with Gasteiger partial charge >= 0.3 is 12.0 Å². The van der Waals surface area contributed by atoms with E-state index >= 15 is 0 Å². The first kappa shape index (κ1) is 12.4. The van der Waals surface area contributed by atoms with Gasteiger partial charge in [-0.05, 0) is 37.1 Å². The highest BCUT2D eigenvalue weighted by Crippen LogP contribution is 2.22. The minimum Gasteiger partial charge on any atom is -0.481 e. The van der Waals surface area contributed by atoms with Crippen LogP contribution in [-0.2, 0) is 4.79 Å². The third kappa shape index (κ3) is 2.45. The molecular formula is C13H16N2O3. The molecule has 0 saturated carbocycles. The molecule has 2 amide bonds. The number of aliphatic carboxylic acids is 1. The van der Waals surface area contributed by atoms with Gasteiger partial charge in [0.2, 0.25) is 0 Å². The number of nitrogens with zero attached hydrogens (tertiary/aromatic N) is 1. The molecule has 5 heteroatoms. The van der Waals surface area contributed by atoms with Gasteiger partial charge < -0.3 is 10.4 Å². The van der Waals surface area contributed by atoms with Crippen molar-refractivity contribution in [2.75, 3.05) is 11.4 Å². The van der Waals surface area contributed by atoms with Gasteiger partial charge in [0, 0.05) is 12.2 Å². The van der Waals surface area contributed by atoms with E-state index in [2.05, 4.69) is 5.32 Å². The number of amides is 2. The monoisotopic (exact) mass is 248 g/mol. The molecule has 1 fully saturated rings. The molecule has 1 aliphatic rings. The molecule has 0 aliphatic carbocycles. The Bertz CT molecular complexity index is 499. The number of hydrogen-bond acceptors (Lipinski definition) is 2. The van der Waals surface area contributed by atoms with E-state index in [4.69, 9.17) is 5.11 Å². The molecule has 0 spiro atoms. The molecule has 2 N–H and O–H groups in total. The summed E-state index contributed by atoms with van der Waals surface area (Å²) >= 11 is 0. The van der Waals surface area contributed by atoms with Crippen LogP contribution in [0.25, 0.3) is 0 Å². The third-order valence-corrected chi connectivity index (χ3v) is 3.20. The molecule has 18 heavy (non-hydrogen) atoms. The lowest BCUT2D eigenvalue weighted by Gasteiger charge is -2.16. The quantitative estimate of drug-likeness (QED) is 0.855. The van der Waals surface area contributed by atoms with E-state index in [9.17, 15) is 9.59 Å². The highest BCUT2D eigenvalue weighted by molar-refractivity contribution is 5.95. The van der Waals surface area contributed by atoms with Crippen molar-refractivity contribution in [3.63, 3.8) is 0 Å². The van der Waals surface area contributed by atoms with Gasteiger partial charge in [0.25, 0.3) is 0 Å². The second kappa shape index (κ2) is 4.68. The number of rotatable bonds is 3. The summed E-state index contributed by atoms with van der Waals surface area (Å²) in [5.41, 5.74) is 3.09. The molecule has 0 radical (unpaired) electrons. The summed E-state index contributed by atoms with van der Waals surface area (Å²) in [5.74, 6) is -0.901. The zero-order valence-electron chi connectivity index (χ0n) is 10.4. The average Bonchev–Trinajstić information content (AvgIpc) is 2.62. The molecule has 0 aromatic heterocycles. The van der Waals surface area contributed by atoms with Crippen molar-refractivity contribution in [3.8, 4) is 0 Å². The van der Waals surface area contributed by atoms with Gasteiger partial charge in [-0.2, -0.15) is 0 Å². The molecule has 96 valence electrons. The number of carbonyl (C=O) groups excluding carboxylic acids is 1. The standard InChI is InChI=1S/C13H16N2O3/c1-8-3-4-11(5-9(8)2)15-7-10(6-12(16)17)14-13(15)18/h3-5,10H,6-7H2,1-2H3,(H,14,18)(H,16,17). The van der Waals surface area contributed by atoms with Crippen LogP contribution in [0.15, 0.2) is 18.2 Å². The number of benzene rings is 1. The SMILES string of the molecule is Cc1ccc(N2CC(CC(=O)O)NC2=O)cc1C. The Kier molecular flexibility index (Phi) is 3.23. The van der Waals surface area contributed by atoms with Crippen molar-refractivity contribution in [1.82, 2.24) is 5.32 Å². The van der Waals surface area contributed by atoms with Crippen LogP contribution in [0, 0.1) is 13.8 Å². The Morgan fingerprint density at radius 2 is 2.17 bits per heavy atom. The second-order valence-electron chi connectivity index (χ2n) is 4.62. The minimum absolute atomic E-state index is 0.0485. The smallest absolute Gasteiger partial charge is 0.322 e. The van der Waals surface area contributed by atoms with Crippen LogP contribution in [0.3, 0.4) is 0 Å².